The summed E-state index contributed by atoms with van der Waals surface area (Å²) < 4.78 is 6.01. The van der Waals surface area contributed by atoms with Crippen molar-refractivity contribution in [2.45, 2.75) is 71.3 Å². The van der Waals surface area contributed by atoms with Crippen LogP contribution in [0.5, 0.6) is 0 Å². The Morgan fingerprint density at radius 3 is 2.59 bits per heavy atom. The zero-order chi connectivity index (χ0) is 12.3. The minimum Gasteiger partial charge on any atom is -0.378 e. The fourth-order valence-electron chi connectivity index (χ4n) is 2.65. The van der Waals surface area contributed by atoms with Gasteiger partial charge in [-0.1, -0.05) is 39.5 Å². The molecule has 2 nitrogen and oxygen atoms in total. The summed E-state index contributed by atoms with van der Waals surface area (Å²) in [5.74, 6) is 0.789. The van der Waals surface area contributed by atoms with Crippen molar-refractivity contribution >= 4 is 0 Å². The molecule has 0 saturated heterocycles. The van der Waals surface area contributed by atoms with Crippen LogP contribution in [0.2, 0.25) is 0 Å². The van der Waals surface area contributed by atoms with E-state index in [2.05, 4.69) is 19.2 Å². The molecule has 0 radical (unpaired) electrons. The maximum atomic E-state index is 6.01. The molecule has 0 bridgehead atoms. The molecule has 0 spiro atoms. The molecule has 1 fully saturated rings. The fraction of sp³-hybridized carbons (Fsp3) is 1.00. The van der Waals surface area contributed by atoms with Gasteiger partial charge in [0.15, 0.2) is 0 Å². The van der Waals surface area contributed by atoms with Gasteiger partial charge in [-0.15, -0.1) is 0 Å². The second kappa shape index (κ2) is 9.90. The lowest BCUT2D eigenvalue weighted by molar-refractivity contribution is -0.00655. The number of unbranched alkanes of at least 4 members (excludes halogenated alkanes) is 3. The molecule has 1 saturated carbocycles. The molecule has 1 aliphatic carbocycles. The van der Waals surface area contributed by atoms with Gasteiger partial charge >= 0.3 is 0 Å². The molecule has 0 aromatic carbocycles. The van der Waals surface area contributed by atoms with Gasteiger partial charge in [0.2, 0.25) is 0 Å². The molecule has 2 heteroatoms. The van der Waals surface area contributed by atoms with Crippen molar-refractivity contribution in [3.05, 3.63) is 0 Å². The molecule has 102 valence electrons. The predicted octanol–water partition coefficient (Wildman–Crippen LogP) is 3.75. The average Bonchev–Trinajstić information content (AvgIpc) is 2.35. The number of hydrogen-bond donors (Lipinski definition) is 1. The van der Waals surface area contributed by atoms with E-state index in [-0.39, 0.29) is 0 Å². The van der Waals surface area contributed by atoms with E-state index in [0.29, 0.717) is 6.10 Å². The Kier molecular flexibility index (Phi) is 8.72. The Morgan fingerprint density at radius 1 is 1.06 bits per heavy atom. The Bertz CT molecular complexity index is 172. The van der Waals surface area contributed by atoms with Gasteiger partial charge in [-0.3, -0.25) is 0 Å². The summed E-state index contributed by atoms with van der Waals surface area (Å²) in [4.78, 5) is 0. The van der Waals surface area contributed by atoms with Gasteiger partial charge in [0, 0.05) is 6.61 Å². The molecule has 2 atom stereocenters. The molecule has 1 N–H and O–H groups in total. The Morgan fingerprint density at radius 2 is 1.82 bits per heavy atom. The monoisotopic (exact) mass is 241 g/mol. The molecule has 17 heavy (non-hydrogen) atoms. The standard InChI is InChI=1S/C15H31NO/c1-3-16-12-8-4-5-9-13-17-15-11-7-6-10-14(15)2/h14-16H,3-13H2,1-2H3. The smallest absolute Gasteiger partial charge is 0.0600 e. The maximum Gasteiger partial charge on any atom is 0.0600 e. The van der Waals surface area contributed by atoms with Crippen molar-refractivity contribution in [1.82, 2.24) is 5.32 Å². The average molecular weight is 241 g/mol. The lowest BCUT2D eigenvalue weighted by atomic mass is 9.88. The maximum absolute atomic E-state index is 6.01. The van der Waals surface area contributed by atoms with Crippen LogP contribution in [0.25, 0.3) is 0 Å². The summed E-state index contributed by atoms with van der Waals surface area (Å²) in [6, 6.07) is 0. The van der Waals surface area contributed by atoms with Gasteiger partial charge in [0.25, 0.3) is 0 Å². The number of nitrogens with one attached hydrogen (secondary N) is 1. The summed E-state index contributed by atoms with van der Waals surface area (Å²) >= 11 is 0. The number of rotatable bonds is 9. The van der Waals surface area contributed by atoms with E-state index in [1.54, 1.807) is 0 Å². The molecule has 0 heterocycles. The minimum absolute atomic E-state index is 0.561. The van der Waals surface area contributed by atoms with Gasteiger partial charge in [-0.05, 0) is 44.7 Å². The summed E-state index contributed by atoms with van der Waals surface area (Å²) in [6.45, 7) is 7.77. The highest BCUT2D eigenvalue weighted by Crippen LogP contribution is 2.26. The summed E-state index contributed by atoms with van der Waals surface area (Å²) in [7, 11) is 0. The predicted molar refractivity (Wildman–Crippen MR) is 74.4 cm³/mol. The van der Waals surface area contributed by atoms with Crippen molar-refractivity contribution in [2.24, 2.45) is 5.92 Å². The van der Waals surface area contributed by atoms with Crippen LogP contribution >= 0.6 is 0 Å². The van der Waals surface area contributed by atoms with Crippen LogP contribution in [-0.2, 0) is 4.74 Å². The normalized spacial score (nSPS) is 25.1. The van der Waals surface area contributed by atoms with Gasteiger partial charge < -0.3 is 10.1 Å². The highest BCUT2D eigenvalue weighted by Gasteiger charge is 2.21. The van der Waals surface area contributed by atoms with Crippen molar-refractivity contribution in [3.8, 4) is 0 Å². The van der Waals surface area contributed by atoms with E-state index in [9.17, 15) is 0 Å². The van der Waals surface area contributed by atoms with E-state index < -0.39 is 0 Å². The van der Waals surface area contributed by atoms with Gasteiger partial charge in [0.1, 0.15) is 0 Å². The molecular formula is C15H31NO. The van der Waals surface area contributed by atoms with Crippen LogP contribution in [0.15, 0.2) is 0 Å². The Labute approximate surface area is 108 Å². The Balaban J connectivity index is 1.86. The van der Waals surface area contributed by atoms with Crippen molar-refractivity contribution in [2.75, 3.05) is 19.7 Å². The third-order valence-electron chi connectivity index (χ3n) is 3.86. The molecular weight excluding hydrogens is 210 g/mol. The van der Waals surface area contributed by atoms with E-state index in [1.165, 1.54) is 57.9 Å². The molecule has 0 aromatic heterocycles. The zero-order valence-electron chi connectivity index (χ0n) is 11.8. The van der Waals surface area contributed by atoms with E-state index in [0.717, 1.165) is 19.1 Å². The van der Waals surface area contributed by atoms with Crippen LogP contribution < -0.4 is 5.32 Å². The first-order chi connectivity index (χ1) is 8.34. The number of ether oxygens (including phenoxy) is 1. The Hall–Kier alpha value is -0.0800. The van der Waals surface area contributed by atoms with Crippen molar-refractivity contribution in [3.63, 3.8) is 0 Å². The van der Waals surface area contributed by atoms with Crippen LogP contribution in [0.3, 0.4) is 0 Å². The van der Waals surface area contributed by atoms with E-state index in [4.69, 9.17) is 4.74 Å². The van der Waals surface area contributed by atoms with Crippen LogP contribution in [0, 0.1) is 5.92 Å². The van der Waals surface area contributed by atoms with E-state index in [1.807, 2.05) is 0 Å². The van der Waals surface area contributed by atoms with Crippen LogP contribution in [0.4, 0.5) is 0 Å². The molecule has 0 amide bonds. The van der Waals surface area contributed by atoms with Crippen LogP contribution in [0.1, 0.15) is 65.2 Å². The van der Waals surface area contributed by atoms with Crippen molar-refractivity contribution in [1.29, 1.82) is 0 Å². The second-order valence-corrected chi connectivity index (χ2v) is 5.44. The first-order valence-corrected chi connectivity index (χ1v) is 7.67. The third-order valence-corrected chi connectivity index (χ3v) is 3.86. The molecule has 0 aliphatic heterocycles. The highest BCUT2D eigenvalue weighted by molar-refractivity contribution is 4.72. The van der Waals surface area contributed by atoms with E-state index >= 15 is 0 Å². The minimum atomic E-state index is 0.561. The fourth-order valence-corrected chi connectivity index (χ4v) is 2.65. The molecule has 1 rings (SSSR count). The summed E-state index contributed by atoms with van der Waals surface area (Å²) in [6.07, 6.45) is 11.2. The third kappa shape index (κ3) is 7.05. The summed E-state index contributed by atoms with van der Waals surface area (Å²) in [5, 5.41) is 3.37. The van der Waals surface area contributed by atoms with Gasteiger partial charge in [-0.25, -0.2) is 0 Å². The van der Waals surface area contributed by atoms with Crippen molar-refractivity contribution < 1.29 is 4.74 Å². The quantitative estimate of drug-likeness (QED) is 0.621. The SMILES string of the molecule is CCNCCCCCCOC1CCCCC1C. The second-order valence-electron chi connectivity index (χ2n) is 5.44. The largest absolute Gasteiger partial charge is 0.378 e. The van der Waals surface area contributed by atoms with Gasteiger partial charge in [0.05, 0.1) is 6.10 Å². The molecule has 0 aromatic rings. The molecule has 1 aliphatic rings. The zero-order valence-corrected chi connectivity index (χ0v) is 11.8. The first-order valence-electron chi connectivity index (χ1n) is 7.67. The number of hydrogen-bond acceptors (Lipinski definition) is 2. The van der Waals surface area contributed by atoms with Crippen LogP contribution in [-0.4, -0.2) is 25.8 Å². The van der Waals surface area contributed by atoms with Gasteiger partial charge in [-0.2, -0.15) is 0 Å². The first kappa shape index (κ1) is 15.0. The summed E-state index contributed by atoms with van der Waals surface area (Å²) in [5.41, 5.74) is 0. The highest BCUT2D eigenvalue weighted by atomic mass is 16.5. The topological polar surface area (TPSA) is 21.3 Å². The lowest BCUT2D eigenvalue weighted by Gasteiger charge is -2.28. The lowest BCUT2D eigenvalue weighted by Crippen LogP contribution is -2.25. The molecule has 2 unspecified atom stereocenters.